The van der Waals surface area contributed by atoms with Crippen molar-refractivity contribution in [1.29, 1.82) is 0 Å². The average Bonchev–Trinajstić information content (AvgIpc) is 2.82. The summed E-state index contributed by atoms with van der Waals surface area (Å²) < 4.78 is 38.8. The Balaban J connectivity index is 2.01. The highest BCUT2D eigenvalue weighted by molar-refractivity contribution is 7.98. The first kappa shape index (κ1) is 24.5. The van der Waals surface area contributed by atoms with Gasteiger partial charge in [-0.15, -0.1) is 11.8 Å². The minimum atomic E-state index is -4.05. The van der Waals surface area contributed by atoms with Crippen LogP contribution in [0.15, 0.2) is 76.5 Å². The zero-order valence-electron chi connectivity index (χ0n) is 18.9. The van der Waals surface area contributed by atoms with Crippen molar-refractivity contribution in [2.75, 3.05) is 36.6 Å². The highest BCUT2D eigenvalue weighted by Gasteiger charge is 2.28. The van der Waals surface area contributed by atoms with Gasteiger partial charge in [-0.25, -0.2) is 8.42 Å². The molecule has 1 N–H and O–H groups in total. The fourth-order valence-corrected chi connectivity index (χ4v) is 5.17. The van der Waals surface area contributed by atoms with Crippen molar-refractivity contribution in [3.8, 4) is 11.5 Å². The molecule has 0 saturated heterocycles. The Bertz CT molecular complexity index is 1230. The van der Waals surface area contributed by atoms with Crippen molar-refractivity contribution in [3.63, 3.8) is 0 Å². The number of amides is 1. The molecule has 0 aromatic heterocycles. The van der Waals surface area contributed by atoms with Gasteiger partial charge in [-0.1, -0.05) is 29.8 Å². The molecule has 7 nitrogen and oxygen atoms in total. The number of nitrogens with one attached hydrogen (secondary N) is 1. The predicted molar refractivity (Wildman–Crippen MR) is 132 cm³/mol. The van der Waals surface area contributed by atoms with Gasteiger partial charge in [-0.2, -0.15) is 0 Å². The van der Waals surface area contributed by atoms with E-state index in [1.165, 1.54) is 44.2 Å². The second kappa shape index (κ2) is 10.6. The lowest BCUT2D eigenvalue weighted by Gasteiger charge is -2.25. The maximum absolute atomic E-state index is 13.6. The Morgan fingerprint density at radius 2 is 1.64 bits per heavy atom. The molecular weight excluding hydrogens is 460 g/mol. The molecule has 3 aromatic rings. The largest absolute Gasteiger partial charge is 0.493 e. The van der Waals surface area contributed by atoms with Gasteiger partial charge in [-0.3, -0.25) is 9.10 Å². The number of ether oxygens (including phenoxy) is 2. The number of para-hydroxylation sites is 1. The van der Waals surface area contributed by atoms with Crippen LogP contribution in [-0.2, 0) is 14.8 Å². The van der Waals surface area contributed by atoms with Crippen molar-refractivity contribution >= 4 is 39.1 Å². The van der Waals surface area contributed by atoms with Crippen molar-refractivity contribution in [2.45, 2.75) is 16.7 Å². The monoisotopic (exact) mass is 486 g/mol. The zero-order valence-corrected chi connectivity index (χ0v) is 20.5. The Labute approximate surface area is 198 Å². The third-order valence-corrected chi connectivity index (χ3v) is 7.52. The molecule has 0 saturated carbocycles. The van der Waals surface area contributed by atoms with E-state index in [0.717, 1.165) is 14.8 Å². The molecule has 0 bridgehead atoms. The van der Waals surface area contributed by atoms with Gasteiger partial charge in [-0.05, 0) is 49.6 Å². The molecule has 0 atom stereocenters. The minimum Gasteiger partial charge on any atom is -0.493 e. The number of carbonyl (C=O) groups excluding carboxylic acids is 1. The summed E-state index contributed by atoms with van der Waals surface area (Å²) >= 11 is 1.49. The highest BCUT2D eigenvalue weighted by atomic mass is 32.2. The summed E-state index contributed by atoms with van der Waals surface area (Å²) in [5.41, 5.74) is 1.83. The lowest BCUT2D eigenvalue weighted by atomic mass is 10.2. The second-order valence-electron chi connectivity index (χ2n) is 7.11. The minimum absolute atomic E-state index is 0.0835. The summed E-state index contributed by atoms with van der Waals surface area (Å²) in [6.45, 7) is 1.45. The number of rotatable bonds is 9. The number of hydrogen-bond acceptors (Lipinski definition) is 6. The van der Waals surface area contributed by atoms with Crippen molar-refractivity contribution in [2.24, 2.45) is 0 Å². The molecule has 0 aliphatic rings. The lowest BCUT2D eigenvalue weighted by Crippen LogP contribution is -2.38. The molecule has 0 unspecified atom stereocenters. The van der Waals surface area contributed by atoms with Crippen molar-refractivity contribution in [1.82, 2.24) is 0 Å². The van der Waals surface area contributed by atoms with E-state index >= 15 is 0 Å². The zero-order chi connectivity index (χ0) is 24.0. The lowest BCUT2D eigenvalue weighted by molar-refractivity contribution is -0.114. The van der Waals surface area contributed by atoms with Crippen molar-refractivity contribution in [3.05, 3.63) is 72.3 Å². The molecule has 174 valence electrons. The van der Waals surface area contributed by atoms with Gasteiger partial charge < -0.3 is 14.8 Å². The van der Waals surface area contributed by atoms with Gasteiger partial charge in [0.25, 0.3) is 10.0 Å². The van der Waals surface area contributed by atoms with Gasteiger partial charge in [0.05, 0.1) is 30.5 Å². The topological polar surface area (TPSA) is 84.9 Å². The van der Waals surface area contributed by atoms with Crippen molar-refractivity contribution < 1.29 is 22.7 Å². The Hall–Kier alpha value is -3.17. The van der Waals surface area contributed by atoms with Gasteiger partial charge in [0.15, 0.2) is 11.5 Å². The van der Waals surface area contributed by atoms with Crippen LogP contribution in [-0.4, -0.2) is 41.3 Å². The molecule has 0 aliphatic heterocycles. The average molecular weight is 487 g/mol. The van der Waals surface area contributed by atoms with Crippen LogP contribution in [0.5, 0.6) is 11.5 Å². The number of carbonyl (C=O) groups is 1. The maximum atomic E-state index is 13.6. The molecule has 0 spiro atoms. The summed E-state index contributed by atoms with van der Waals surface area (Å²) in [4.78, 5) is 14.0. The molecule has 0 heterocycles. The third-order valence-electron chi connectivity index (χ3n) is 4.93. The Morgan fingerprint density at radius 3 is 2.27 bits per heavy atom. The van der Waals surface area contributed by atoms with Crippen LogP contribution >= 0.6 is 11.8 Å². The molecule has 0 aliphatic carbocycles. The standard InChI is InChI=1S/C24H26N2O5S2/c1-17-9-12-19(13-10-17)33(28,29)26(18-11-14-21(30-2)22(15-18)31-3)16-24(27)25-20-7-5-6-8-23(20)32-4/h5-15H,16H2,1-4H3,(H,25,27). The summed E-state index contributed by atoms with van der Waals surface area (Å²) in [6.07, 6.45) is 1.91. The van der Waals surface area contributed by atoms with E-state index in [1.54, 1.807) is 30.3 Å². The fourth-order valence-electron chi connectivity index (χ4n) is 3.20. The second-order valence-corrected chi connectivity index (χ2v) is 9.82. The molecule has 3 rings (SSSR count). The Morgan fingerprint density at radius 1 is 0.970 bits per heavy atom. The van der Waals surface area contributed by atoms with E-state index in [4.69, 9.17) is 9.47 Å². The highest BCUT2D eigenvalue weighted by Crippen LogP contribution is 2.34. The van der Waals surface area contributed by atoms with Crippen LogP contribution in [0.3, 0.4) is 0 Å². The Kier molecular flexibility index (Phi) is 7.88. The van der Waals surface area contributed by atoms with Gasteiger partial charge in [0, 0.05) is 11.0 Å². The first-order valence-electron chi connectivity index (χ1n) is 10.0. The summed E-state index contributed by atoms with van der Waals surface area (Å²) in [7, 11) is -1.09. The SMILES string of the molecule is COc1ccc(N(CC(=O)Nc2ccccc2SC)S(=O)(=O)c2ccc(C)cc2)cc1OC. The molecule has 1 amide bonds. The summed E-state index contributed by atoms with van der Waals surface area (Å²) in [5.74, 6) is 0.335. The normalized spacial score (nSPS) is 11.0. The number of benzene rings is 3. The van der Waals surface area contributed by atoms with Crippen LogP contribution < -0.4 is 19.1 Å². The third kappa shape index (κ3) is 5.61. The molecule has 0 fully saturated rings. The molecule has 3 aromatic carbocycles. The number of hydrogen-bond donors (Lipinski definition) is 1. The first-order chi connectivity index (χ1) is 15.8. The van der Waals surface area contributed by atoms with Gasteiger partial charge in [0.2, 0.25) is 5.91 Å². The molecule has 9 heteroatoms. The van der Waals surface area contributed by atoms with Gasteiger partial charge in [0.1, 0.15) is 6.54 Å². The van der Waals surface area contributed by atoms with E-state index in [1.807, 2.05) is 31.4 Å². The predicted octanol–water partition coefficient (Wildman–Crippen LogP) is 4.57. The van der Waals surface area contributed by atoms with Crippen LogP contribution in [0.25, 0.3) is 0 Å². The summed E-state index contributed by atoms with van der Waals surface area (Å²) in [5, 5.41) is 2.82. The van der Waals surface area contributed by atoms with Crippen LogP contribution in [0.4, 0.5) is 11.4 Å². The number of thioether (sulfide) groups is 1. The van der Waals surface area contributed by atoms with E-state index in [-0.39, 0.29) is 10.6 Å². The van der Waals surface area contributed by atoms with E-state index in [2.05, 4.69) is 5.32 Å². The number of aryl methyl sites for hydroxylation is 1. The quantitative estimate of drug-likeness (QED) is 0.446. The maximum Gasteiger partial charge on any atom is 0.264 e. The smallest absolute Gasteiger partial charge is 0.264 e. The molecular formula is C24H26N2O5S2. The van der Waals surface area contributed by atoms with Crippen LogP contribution in [0, 0.1) is 6.92 Å². The summed E-state index contributed by atoms with van der Waals surface area (Å²) in [6, 6.07) is 18.6. The number of nitrogens with zero attached hydrogens (tertiary/aromatic N) is 1. The first-order valence-corrected chi connectivity index (χ1v) is 12.7. The number of anilines is 2. The van der Waals surface area contributed by atoms with E-state index in [0.29, 0.717) is 17.2 Å². The van der Waals surface area contributed by atoms with Gasteiger partial charge >= 0.3 is 0 Å². The number of methoxy groups -OCH3 is 2. The van der Waals surface area contributed by atoms with Crippen LogP contribution in [0.1, 0.15) is 5.56 Å². The fraction of sp³-hybridized carbons (Fsp3) is 0.208. The molecule has 0 radical (unpaired) electrons. The van der Waals surface area contributed by atoms with E-state index in [9.17, 15) is 13.2 Å². The number of sulfonamides is 1. The molecule has 33 heavy (non-hydrogen) atoms. The van der Waals surface area contributed by atoms with Crippen LogP contribution in [0.2, 0.25) is 0 Å². The van der Waals surface area contributed by atoms with E-state index < -0.39 is 22.5 Å².